The fraction of sp³-hybridized carbons (Fsp3) is 0.667. The van der Waals surface area contributed by atoms with Crippen molar-refractivity contribution in [3.63, 3.8) is 0 Å². The smallest absolute Gasteiger partial charge is 0.237 e. The second-order valence-electron chi connectivity index (χ2n) is 5.92. The molecule has 1 aromatic rings. The summed E-state index contributed by atoms with van der Waals surface area (Å²) in [6, 6.07) is 2.08. The number of carbonyl (C=O) groups is 1. The highest BCUT2D eigenvalue weighted by molar-refractivity contribution is 7.10. The average molecular weight is 280 g/mol. The molecule has 1 atom stereocenters. The van der Waals surface area contributed by atoms with Crippen LogP contribution < -0.4 is 10.6 Å². The van der Waals surface area contributed by atoms with Crippen molar-refractivity contribution in [1.82, 2.24) is 10.6 Å². The molecule has 3 nitrogen and oxygen atoms in total. The lowest BCUT2D eigenvalue weighted by Gasteiger charge is -2.38. The van der Waals surface area contributed by atoms with E-state index in [0.29, 0.717) is 6.54 Å². The van der Waals surface area contributed by atoms with Gasteiger partial charge in [0.25, 0.3) is 0 Å². The molecule has 0 aliphatic carbocycles. The molecule has 0 radical (unpaired) electrons. The van der Waals surface area contributed by atoms with Gasteiger partial charge >= 0.3 is 0 Å². The molecule has 1 fully saturated rings. The van der Waals surface area contributed by atoms with Crippen LogP contribution in [-0.2, 0) is 17.8 Å². The number of hydrogen-bond donors (Lipinski definition) is 2. The van der Waals surface area contributed by atoms with Crippen LogP contribution >= 0.6 is 11.3 Å². The molecule has 1 aromatic heterocycles. The van der Waals surface area contributed by atoms with Crippen LogP contribution in [0.4, 0.5) is 0 Å². The van der Waals surface area contributed by atoms with Crippen molar-refractivity contribution in [3.8, 4) is 0 Å². The van der Waals surface area contributed by atoms with E-state index in [-0.39, 0.29) is 17.4 Å². The zero-order valence-corrected chi connectivity index (χ0v) is 12.9. The summed E-state index contributed by atoms with van der Waals surface area (Å²) < 4.78 is 0. The van der Waals surface area contributed by atoms with Crippen molar-refractivity contribution in [2.24, 2.45) is 5.41 Å². The van der Waals surface area contributed by atoms with Crippen molar-refractivity contribution >= 4 is 17.2 Å². The Morgan fingerprint density at radius 2 is 2.37 bits per heavy atom. The van der Waals surface area contributed by atoms with Gasteiger partial charge < -0.3 is 10.6 Å². The Bertz CT molecular complexity index is 439. The van der Waals surface area contributed by atoms with Crippen LogP contribution in [-0.4, -0.2) is 18.5 Å². The Hall–Kier alpha value is -0.870. The lowest BCUT2D eigenvalue weighted by Crippen LogP contribution is -2.55. The van der Waals surface area contributed by atoms with E-state index in [2.05, 4.69) is 42.9 Å². The standard InChI is InChI=1S/C15H24N2OS/c1-4-11-6-9-19-12(11)10-17-14(18)13-15(2,3)7-5-8-16-13/h6,9,13,16H,4-5,7-8,10H2,1-3H3,(H,17,18). The number of nitrogens with one attached hydrogen (secondary N) is 2. The molecular weight excluding hydrogens is 256 g/mol. The molecule has 106 valence electrons. The summed E-state index contributed by atoms with van der Waals surface area (Å²) in [5.41, 5.74) is 1.40. The number of hydrogen-bond acceptors (Lipinski definition) is 3. The van der Waals surface area contributed by atoms with Gasteiger partial charge in [-0.15, -0.1) is 11.3 Å². The van der Waals surface area contributed by atoms with Crippen LogP contribution in [0.1, 0.15) is 44.1 Å². The molecule has 1 unspecified atom stereocenters. The van der Waals surface area contributed by atoms with Crippen LogP contribution in [0, 0.1) is 5.41 Å². The largest absolute Gasteiger partial charge is 0.350 e. The van der Waals surface area contributed by atoms with Crippen molar-refractivity contribution in [2.75, 3.05) is 6.54 Å². The molecule has 0 saturated carbocycles. The predicted molar refractivity (Wildman–Crippen MR) is 80.3 cm³/mol. The molecule has 0 spiro atoms. The number of piperidine rings is 1. The fourth-order valence-electron chi connectivity index (χ4n) is 2.77. The molecule has 2 rings (SSSR count). The molecule has 1 amide bonds. The van der Waals surface area contributed by atoms with E-state index < -0.39 is 0 Å². The second-order valence-corrected chi connectivity index (χ2v) is 6.92. The molecule has 2 heterocycles. The van der Waals surface area contributed by atoms with Gasteiger partial charge in [-0.05, 0) is 48.2 Å². The Balaban J connectivity index is 1.94. The highest BCUT2D eigenvalue weighted by Gasteiger charge is 2.36. The Morgan fingerprint density at radius 1 is 1.58 bits per heavy atom. The molecule has 1 aliphatic heterocycles. The highest BCUT2D eigenvalue weighted by Crippen LogP contribution is 2.30. The Morgan fingerprint density at radius 3 is 3.05 bits per heavy atom. The molecule has 1 saturated heterocycles. The van der Waals surface area contributed by atoms with Crippen LogP contribution in [0.2, 0.25) is 0 Å². The Kier molecular flexibility index (Phi) is 4.63. The summed E-state index contributed by atoms with van der Waals surface area (Å²) in [4.78, 5) is 13.6. The van der Waals surface area contributed by atoms with Gasteiger partial charge in [0.05, 0.1) is 12.6 Å². The van der Waals surface area contributed by atoms with E-state index in [1.54, 1.807) is 11.3 Å². The first-order valence-corrected chi connectivity index (χ1v) is 7.99. The minimum atomic E-state index is -0.0636. The van der Waals surface area contributed by atoms with Crippen molar-refractivity contribution in [1.29, 1.82) is 0 Å². The maximum absolute atomic E-state index is 12.3. The van der Waals surface area contributed by atoms with Gasteiger partial charge in [0, 0.05) is 4.88 Å². The number of rotatable bonds is 4. The quantitative estimate of drug-likeness (QED) is 0.890. The average Bonchev–Trinajstić information content (AvgIpc) is 2.82. The van der Waals surface area contributed by atoms with Gasteiger partial charge in [0.15, 0.2) is 0 Å². The summed E-state index contributed by atoms with van der Waals surface area (Å²) in [6.45, 7) is 8.10. The summed E-state index contributed by atoms with van der Waals surface area (Å²) in [5, 5.41) is 8.55. The normalized spacial score (nSPS) is 22.2. The maximum atomic E-state index is 12.3. The number of aryl methyl sites for hydroxylation is 1. The van der Waals surface area contributed by atoms with E-state index in [0.717, 1.165) is 25.8 Å². The lowest BCUT2D eigenvalue weighted by atomic mass is 9.77. The van der Waals surface area contributed by atoms with Crippen LogP contribution in [0.5, 0.6) is 0 Å². The fourth-order valence-corrected chi connectivity index (χ4v) is 3.68. The first kappa shape index (κ1) is 14.5. The molecule has 2 N–H and O–H groups in total. The molecule has 0 bridgehead atoms. The zero-order chi connectivity index (χ0) is 13.9. The lowest BCUT2D eigenvalue weighted by molar-refractivity contribution is -0.126. The minimum absolute atomic E-state index is 0.0470. The monoisotopic (exact) mass is 280 g/mol. The maximum Gasteiger partial charge on any atom is 0.237 e. The molecular formula is C15H24N2OS. The first-order chi connectivity index (χ1) is 9.04. The second kappa shape index (κ2) is 6.06. The third-order valence-electron chi connectivity index (χ3n) is 4.03. The molecule has 1 aliphatic rings. The van der Waals surface area contributed by atoms with Gasteiger partial charge in [-0.3, -0.25) is 4.79 Å². The number of carbonyl (C=O) groups excluding carboxylic acids is 1. The van der Waals surface area contributed by atoms with Crippen LogP contribution in [0.15, 0.2) is 11.4 Å². The van der Waals surface area contributed by atoms with Crippen LogP contribution in [0.25, 0.3) is 0 Å². The summed E-state index contributed by atoms with van der Waals surface area (Å²) in [7, 11) is 0. The number of thiophene rings is 1. The third kappa shape index (κ3) is 3.37. The van der Waals surface area contributed by atoms with E-state index in [1.165, 1.54) is 10.4 Å². The molecule has 4 heteroatoms. The molecule has 19 heavy (non-hydrogen) atoms. The zero-order valence-electron chi connectivity index (χ0n) is 12.1. The van der Waals surface area contributed by atoms with Gasteiger partial charge in [0.1, 0.15) is 0 Å². The Labute approximate surface area is 119 Å². The van der Waals surface area contributed by atoms with Gasteiger partial charge in [-0.1, -0.05) is 20.8 Å². The van der Waals surface area contributed by atoms with Crippen LogP contribution in [0.3, 0.4) is 0 Å². The molecule has 0 aromatic carbocycles. The van der Waals surface area contributed by atoms with E-state index in [9.17, 15) is 4.79 Å². The van der Waals surface area contributed by atoms with E-state index in [4.69, 9.17) is 0 Å². The summed E-state index contributed by atoms with van der Waals surface area (Å²) >= 11 is 1.73. The van der Waals surface area contributed by atoms with Gasteiger partial charge in [-0.2, -0.15) is 0 Å². The van der Waals surface area contributed by atoms with Gasteiger partial charge in [0.2, 0.25) is 5.91 Å². The van der Waals surface area contributed by atoms with Crippen molar-refractivity contribution in [2.45, 2.75) is 52.6 Å². The van der Waals surface area contributed by atoms with Crippen molar-refractivity contribution < 1.29 is 4.79 Å². The predicted octanol–water partition coefficient (Wildman–Crippen LogP) is 2.70. The number of amides is 1. The van der Waals surface area contributed by atoms with E-state index in [1.807, 2.05) is 0 Å². The first-order valence-electron chi connectivity index (χ1n) is 7.11. The van der Waals surface area contributed by atoms with E-state index >= 15 is 0 Å². The topological polar surface area (TPSA) is 41.1 Å². The minimum Gasteiger partial charge on any atom is -0.350 e. The highest BCUT2D eigenvalue weighted by atomic mass is 32.1. The summed E-state index contributed by atoms with van der Waals surface area (Å²) in [6.07, 6.45) is 3.29. The SMILES string of the molecule is CCc1ccsc1CNC(=O)C1NCCCC1(C)C. The van der Waals surface area contributed by atoms with Crippen molar-refractivity contribution in [3.05, 3.63) is 21.9 Å². The van der Waals surface area contributed by atoms with Gasteiger partial charge in [-0.25, -0.2) is 0 Å². The summed E-state index contributed by atoms with van der Waals surface area (Å²) in [5.74, 6) is 0.139. The third-order valence-corrected chi connectivity index (χ3v) is 4.99.